The van der Waals surface area contributed by atoms with Crippen LogP contribution in [0.3, 0.4) is 0 Å². The van der Waals surface area contributed by atoms with Gasteiger partial charge < -0.3 is 0 Å². The fourth-order valence-corrected chi connectivity index (χ4v) is 4.84. The molecule has 0 spiro atoms. The van der Waals surface area contributed by atoms with Crippen molar-refractivity contribution in [1.82, 2.24) is 8.61 Å². The number of sulfonamides is 2. The average Bonchev–Trinajstić information content (AvgIpc) is 2.40. The van der Waals surface area contributed by atoms with Gasteiger partial charge in [0, 0.05) is 31.2 Å². The normalized spacial score (nSPS) is 18.8. The maximum Gasteiger partial charge on any atom is 0.218 e. The minimum absolute atomic E-state index is 0.167. The number of rotatable bonds is 4. The number of hydrogen-bond acceptors (Lipinski definition) is 4. The van der Waals surface area contributed by atoms with E-state index in [4.69, 9.17) is 11.6 Å². The standard InChI is InChI=1S/C12H17ClN2O4S2/c1-20(16,17)14-6-8-15(9-7-14)21(18,19)10-11-4-2-3-5-12(11)13/h2-5H,6-10H2,1H3. The predicted molar refractivity (Wildman–Crippen MR) is 82.1 cm³/mol. The summed E-state index contributed by atoms with van der Waals surface area (Å²) < 4.78 is 50.2. The van der Waals surface area contributed by atoms with Gasteiger partial charge in [0.15, 0.2) is 0 Å². The summed E-state index contributed by atoms with van der Waals surface area (Å²) in [6, 6.07) is 6.79. The molecule has 0 aromatic heterocycles. The van der Waals surface area contributed by atoms with Crippen molar-refractivity contribution in [3.63, 3.8) is 0 Å². The molecule has 1 fully saturated rings. The van der Waals surface area contributed by atoms with E-state index in [1.54, 1.807) is 24.3 Å². The van der Waals surface area contributed by atoms with Crippen LogP contribution in [0.4, 0.5) is 0 Å². The van der Waals surface area contributed by atoms with Gasteiger partial charge in [0.05, 0.1) is 12.0 Å². The zero-order valence-electron chi connectivity index (χ0n) is 11.6. The maximum absolute atomic E-state index is 12.4. The van der Waals surface area contributed by atoms with Crippen LogP contribution in [-0.2, 0) is 25.8 Å². The van der Waals surface area contributed by atoms with Crippen LogP contribution >= 0.6 is 11.6 Å². The first-order valence-corrected chi connectivity index (χ1v) is 10.2. The lowest BCUT2D eigenvalue weighted by atomic mass is 10.2. The zero-order chi connectivity index (χ0) is 15.7. The van der Waals surface area contributed by atoms with Crippen LogP contribution in [0.2, 0.25) is 5.02 Å². The van der Waals surface area contributed by atoms with Gasteiger partial charge in [-0.3, -0.25) is 0 Å². The predicted octanol–water partition coefficient (Wildman–Crippen LogP) is 0.747. The maximum atomic E-state index is 12.4. The summed E-state index contributed by atoms with van der Waals surface area (Å²) in [6.07, 6.45) is 1.13. The molecule has 9 heteroatoms. The van der Waals surface area contributed by atoms with Crippen molar-refractivity contribution in [2.45, 2.75) is 5.75 Å². The Morgan fingerprint density at radius 1 is 1.00 bits per heavy atom. The third kappa shape index (κ3) is 4.17. The summed E-state index contributed by atoms with van der Waals surface area (Å²) in [4.78, 5) is 0. The van der Waals surface area contributed by atoms with Gasteiger partial charge in [0.25, 0.3) is 0 Å². The highest BCUT2D eigenvalue weighted by Gasteiger charge is 2.30. The molecule has 0 unspecified atom stereocenters. The van der Waals surface area contributed by atoms with Crippen molar-refractivity contribution in [2.24, 2.45) is 0 Å². The molecule has 0 bridgehead atoms. The summed E-state index contributed by atoms with van der Waals surface area (Å²) in [6.45, 7) is 0.695. The molecule has 118 valence electrons. The lowest BCUT2D eigenvalue weighted by Gasteiger charge is -2.32. The van der Waals surface area contributed by atoms with Crippen molar-refractivity contribution in [3.05, 3.63) is 34.9 Å². The highest BCUT2D eigenvalue weighted by Crippen LogP contribution is 2.20. The molecule has 0 N–H and O–H groups in total. The van der Waals surface area contributed by atoms with Crippen LogP contribution in [0, 0.1) is 0 Å². The second-order valence-electron chi connectivity index (χ2n) is 4.91. The van der Waals surface area contributed by atoms with Crippen LogP contribution in [0.1, 0.15) is 5.56 Å². The first kappa shape index (κ1) is 16.7. The van der Waals surface area contributed by atoms with E-state index in [2.05, 4.69) is 0 Å². The van der Waals surface area contributed by atoms with E-state index >= 15 is 0 Å². The lowest BCUT2D eigenvalue weighted by molar-refractivity contribution is 0.274. The molecule has 0 saturated carbocycles. The first-order chi connectivity index (χ1) is 9.70. The Morgan fingerprint density at radius 3 is 2.05 bits per heavy atom. The van der Waals surface area contributed by atoms with E-state index in [9.17, 15) is 16.8 Å². The molecule has 1 heterocycles. The third-order valence-corrected chi connectivity index (χ3v) is 6.86. The van der Waals surface area contributed by atoms with E-state index in [0.717, 1.165) is 6.26 Å². The molecule has 1 aromatic rings. The Morgan fingerprint density at radius 2 is 1.52 bits per heavy atom. The van der Waals surface area contributed by atoms with Crippen molar-refractivity contribution >= 4 is 31.6 Å². The number of hydrogen-bond donors (Lipinski definition) is 0. The molecule has 1 aromatic carbocycles. The SMILES string of the molecule is CS(=O)(=O)N1CCN(S(=O)(=O)Cc2ccccc2Cl)CC1. The Bertz CT molecular complexity index is 711. The first-order valence-electron chi connectivity index (χ1n) is 6.36. The molecular formula is C12H17ClN2O4S2. The molecule has 1 aliphatic heterocycles. The molecule has 0 amide bonds. The van der Waals surface area contributed by atoms with Crippen LogP contribution in [0.5, 0.6) is 0 Å². The van der Waals surface area contributed by atoms with Crippen molar-refractivity contribution in [2.75, 3.05) is 32.4 Å². The highest BCUT2D eigenvalue weighted by molar-refractivity contribution is 7.88. The summed E-state index contributed by atoms with van der Waals surface area (Å²) in [7, 11) is -6.77. The summed E-state index contributed by atoms with van der Waals surface area (Å²) >= 11 is 5.98. The Kier molecular flexibility index (Phi) is 4.94. The van der Waals surface area contributed by atoms with Crippen LogP contribution < -0.4 is 0 Å². The Hall–Kier alpha value is -0.670. The van der Waals surface area contributed by atoms with Gasteiger partial charge in [0.2, 0.25) is 20.0 Å². The molecule has 0 atom stereocenters. The monoisotopic (exact) mass is 352 g/mol. The second kappa shape index (κ2) is 6.21. The second-order valence-corrected chi connectivity index (χ2v) is 9.27. The van der Waals surface area contributed by atoms with Gasteiger partial charge >= 0.3 is 0 Å². The highest BCUT2D eigenvalue weighted by atomic mass is 35.5. The minimum atomic E-state index is -3.50. The van der Waals surface area contributed by atoms with Gasteiger partial charge in [-0.05, 0) is 11.6 Å². The summed E-state index contributed by atoms with van der Waals surface area (Å²) in [5.74, 6) is -0.175. The number of piperazine rings is 1. The number of halogens is 1. The number of nitrogens with zero attached hydrogens (tertiary/aromatic N) is 2. The molecule has 21 heavy (non-hydrogen) atoms. The number of benzene rings is 1. The van der Waals surface area contributed by atoms with Crippen LogP contribution in [0.25, 0.3) is 0 Å². The average molecular weight is 353 g/mol. The van der Waals surface area contributed by atoms with Gasteiger partial charge in [-0.1, -0.05) is 29.8 Å². The Labute approximate surface area is 130 Å². The molecule has 1 aliphatic rings. The molecule has 2 rings (SSSR count). The summed E-state index contributed by atoms with van der Waals surface area (Å²) in [5.41, 5.74) is 0.546. The van der Waals surface area contributed by atoms with Crippen molar-refractivity contribution in [1.29, 1.82) is 0 Å². The van der Waals surface area contributed by atoms with Crippen molar-refractivity contribution < 1.29 is 16.8 Å². The lowest BCUT2D eigenvalue weighted by Crippen LogP contribution is -2.50. The molecular weight excluding hydrogens is 336 g/mol. The topological polar surface area (TPSA) is 74.8 Å². The minimum Gasteiger partial charge on any atom is -0.213 e. The van der Waals surface area contributed by atoms with E-state index in [1.807, 2.05) is 0 Å². The van der Waals surface area contributed by atoms with Gasteiger partial charge in [-0.15, -0.1) is 0 Å². The molecule has 0 radical (unpaired) electrons. The fourth-order valence-electron chi connectivity index (χ4n) is 2.18. The van der Waals surface area contributed by atoms with Crippen LogP contribution in [-0.4, -0.2) is 57.9 Å². The van der Waals surface area contributed by atoms with Gasteiger partial charge in [0.1, 0.15) is 0 Å². The zero-order valence-corrected chi connectivity index (χ0v) is 14.0. The third-order valence-electron chi connectivity index (χ3n) is 3.36. The molecule has 0 aliphatic carbocycles. The van der Waals surface area contributed by atoms with E-state index < -0.39 is 20.0 Å². The van der Waals surface area contributed by atoms with E-state index in [1.165, 1.54) is 8.61 Å². The Balaban J connectivity index is 2.07. The van der Waals surface area contributed by atoms with Crippen molar-refractivity contribution in [3.8, 4) is 0 Å². The summed E-state index contributed by atoms with van der Waals surface area (Å²) in [5, 5.41) is 0.413. The quantitative estimate of drug-likeness (QED) is 0.801. The van der Waals surface area contributed by atoms with Crippen LogP contribution in [0.15, 0.2) is 24.3 Å². The van der Waals surface area contributed by atoms with Gasteiger partial charge in [-0.25, -0.2) is 16.8 Å². The van der Waals surface area contributed by atoms with Gasteiger partial charge in [-0.2, -0.15) is 8.61 Å². The van der Waals surface area contributed by atoms with E-state index in [0.29, 0.717) is 10.6 Å². The molecule has 6 nitrogen and oxygen atoms in total. The molecule has 1 saturated heterocycles. The fraction of sp³-hybridized carbons (Fsp3) is 0.500. The largest absolute Gasteiger partial charge is 0.218 e. The van der Waals surface area contributed by atoms with E-state index in [-0.39, 0.29) is 31.9 Å². The smallest absolute Gasteiger partial charge is 0.213 e.